The van der Waals surface area contributed by atoms with Gasteiger partial charge in [0.2, 0.25) is 0 Å². The van der Waals surface area contributed by atoms with Crippen LogP contribution in [0.4, 0.5) is 16.2 Å². The number of urea groups is 1. The van der Waals surface area contributed by atoms with E-state index in [0.717, 1.165) is 21.0 Å². The van der Waals surface area contributed by atoms with Crippen LogP contribution in [0.15, 0.2) is 41.3 Å². The van der Waals surface area contributed by atoms with E-state index < -0.39 is 23.9 Å². The largest absolute Gasteiger partial charge is 0.345 e. The summed E-state index contributed by atoms with van der Waals surface area (Å²) < 4.78 is 39.2. The monoisotopic (exact) mass is 453 g/mol. The Kier molecular flexibility index (Phi) is 5.97. The van der Waals surface area contributed by atoms with Gasteiger partial charge in [-0.05, 0) is 67.3 Å². The van der Waals surface area contributed by atoms with Gasteiger partial charge >= 0.3 is 13.6 Å². The number of aryl methyl sites for hydroxylation is 2. The SMILES string of the molecule is CNC(=O)N1CCc2cc(N(CP(=O)(O)O)S(=O)(=O)c3cc(C)cc(C)c3)ccc21. The minimum absolute atomic E-state index is 0.0408. The fraction of sp³-hybridized carbons (Fsp3) is 0.316. The van der Waals surface area contributed by atoms with Gasteiger partial charge < -0.3 is 15.1 Å². The number of sulfonamides is 1. The lowest BCUT2D eigenvalue weighted by Crippen LogP contribution is -2.36. The lowest BCUT2D eigenvalue weighted by Gasteiger charge is -2.26. The standard InChI is InChI=1S/C19H24N3O6PS/c1-13-8-14(2)10-17(9-13)30(27,28)22(12-29(24,25)26)16-4-5-18-15(11-16)6-7-21(18)19(23)20-3/h4-5,8-11H,6-7,12H2,1-3H3,(H,20,23)(H2,24,25,26). The predicted octanol–water partition coefficient (Wildman–Crippen LogP) is 2.34. The smallest absolute Gasteiger partial charge is 0.341 e. The van der Waals surface area contributed by atoms with Crippen LogP contribution >= 0.6 is 7.60 Å². The predicted molar refractivity (Wildman–Crippen MR) is 114 cm³/mol. The molecule has 3 N–H and O–H groups in total. The highest BCUT2D eigenvalue weighted by Crippen LogP contribution is 2.41. The van der Waals surface area contributed by atoms with Crippen LogP contribution in [0.1, 0.15) is 16.7 Å². The first kappa shape index (κ1) is 22.3. The molecule has 0 unspecified atom stereocenters. The summed E-state index contributed by atoms with van der Waals surface area (Å²) in [7, 11) is -7.42. The molecule has 1 aliphatic rings. The number of benzene rings is 2. The fourth-order valence-electron chi connectivity index (χ4n) is 3.56. The molecule has 0 saturated carbocycles. The summed E-state index contributed by atoms with van der Waals surface area (Å²) in [6.45, 7) is 3.94. The van der Waals surface area contributed by atoms with E-state index in [4.69, 9.17) is 0 Å². The number of carbonyl (C=O) groups excluding carboxylic acids is 1. The third-order valence-electron chi connectivity index (χ3n) is 4.80. The van der Waals surface area contributed by atoms with Crippen LogP contribution in [0.5, 0.6) is 0 Å². The van der Waals surface area contributed by atoms with Gasteiger partial charge in [-0.15, -0.1) is 0 Å². The van der Waals surface area contributed by atoms with Crippen LogP contribution in [0, 0.1) is 13.8 Å². The van der Waals surface area contributed by atoms with Crippen molar-refractivity contribution in [2.75, 3.05) is 29.1 Å². The maximum Gasteiger partial charge on any atom is 0.345 e. The van der Waals surface area contributed by atoms with Crippen molar-refractivity contribution in [3.63, 3.8) is 0 Å². The minimum Gasteiger partial charge on any atom is -0.341 e. The maximum absolute atomic E-state index is 13.3. The van der Waals surface area contributed by atoms with Crippen LogP contribution in [-0.2, 0) is 21.0 Å². The Hall–Kier alpha value is -2.39. The average Bonchev–Trinajstić information content (AvgIpc) is 3.07. The van der Waals surface area contributed by atoms with E-state index in [1.807, 2.05) is 6.07 Å². The molecule has 162 valence electrons. The van der Waals surface area contributed by atoms with E-state index in [2.05, 4.69) is 5.32 Å². The minimum atomic E-state index is -4.71. The molecule has 0 saturated heterocycles. The molecule has 0 bridgehead atoms. The summed E-state index contributed by atoms with van der Waals surface area (Å²) >= 11 is 0. The van der Waals surface area contributed by atoms with Gasteiger partial charge in [0.25, 0.3) is 10.0 Å². The maximum atomic E-state index is 13.3. The third-order valence-corrected chi connectivity index (χ3v) is 7.40. The summed E-state index contributed by atoms with van der Waals surface area (Å²) in [4.78, 5) is 32.6. The second-order valence-electron chi connectivity index (χ2n) is 7.25. The van der Waals surface area contributed by atoms with Crippen LogP contribution < -0.4 is 14.5 Å². The first-order valence-corrected chi connectivity index (χ1v) is 12.4. The molecule has 0 radical (unpaired) electrons. The summed E-state index contributed by atoms with van der Waals surface area (Å²) in [5.41, 5.74) is 2.94. The van der Waals surface area contributed by atoms with Crippen molar-refractivity contribution in [1.29, 1.82) is 0 Å². The number of hydrogen-bond acceptors (Lipinski definition) is 4. The lowest BCUT2D eigenvalue weighted by molar-refractivity contribution is 0.248. The molecule has 0 aliphatic carbocycles. The zero-order valence-corrected chi connectivity index (χ0v) is 18.6. The van der Waals surface area contributed by atoms with Crippen molar-refractivity contribution in [2.45, 2.75) is 25.2 Å². The molecule has 1 aliphatic heterocycles. The van der Waals surface area contributed by atoms with Gasteiger partial charge in [0, 0.05) is 19.3 Å². The van der Waals surface area contributed by atoms with Crippen LogP contribution in [-0.4, -0.2) is 44.1 Å². The number of nitrogens with one attached hydrogen (secondary N) is 1. The summed E-state index contributed by atoms with van der Waals surface area (Å²) in [6.07, 6.45) is -0.482. The number of rotatable bonds is 5. The average molecular weight is 453 g/mol. The molecule has 0 fully saturated rings. The van der Waals surface area contributed by atoms with Crippen LogP contribution in [0.2, 0.25) is 0 Å². The van der Waals surface area contributed by atoms with E-state index in [1.54, 1.807) is 26.0 Å². The van der Waals surface area contributed by atoms with Crippen LogP contribution in [0.3, 0.4) is 0 Å². The molecule has 2 aromatic carbocycles. The van der Waals surface area contributed by atoms with Crippen molar-refractivity contribution in [2.24, 2.45) is 0 Å². The molecule has 0 spiro atoms. The Morgan fingerprint density at radius 1 is 1.17 bits per heavy atom. The van der Waals surface area contributed by atoms with Gasteiger partial charge in [-0.25, -0.2) is 13.2 Å². The summed E-state index contributed by atoms with van der Waals surface area (Å²) in [5.74, 6) is 0. The molecule has 2 amide bonds. The van der Waals surface area contributed by atoms with E-state index in [1.165, 1.54) is 30.1 Å². The van der Waals surface area contributed by atoms with Crippen molar-refractivity contribution >= 4 is 35.0 Å². The molecule has 11 heteroatoms. The van der Waals surface area contributed by atoms with Crippen molar-refractivity contribution in [3.8, 4) is 0 Å². The zero-order chi connectivity index (χ0) is 22.3. The molecule has 1 heterocycles. The quantitative estimate of drug-likeness (QED) is 0.597. The second-order valence-corrected chi connectivity index (χ2v) is 10.7. The molecular weight excluding hydrogens is 429 g/mol. The number of anilines is 2. The molecule has 0 aromatic heterocycles. The van der Waals surface area contributed by atoms with Gasteiger partial charge in [-0.1, -0.05) is 6.07 Å². The Balaban J connectivity index is 2.10. The number of hydrogen-bond donors (Lipinski definition) is 3. The Labute approximate surface area is 175 Å². The van der Waals surface area contributed by atoms with E-state index in [9.17, 15) is 27.6 Å². The van der Waals surface area contributed by atoms with Gasteiger partial charge in [-0.3, -0.25) is 13.8 Å². The number of nitrogens with zero attached hydrogens (tertiary/aromatic N) is 2. The number of fused-ring (bicyclic) bond motifs is 1. The highest BCUT2D eigenvalue weighted by molar-refractivity contribution is 7.93. The summed E-state index contributed by atoms with van der Waals surface area (Å²) in [6, 6.07) is 9.08. The Bertz CT molecular complexity index is 1120. The summed E-state index contributed by atoms with van der Waals surface area (Å²) in [5, 5.41) is 2.55. The van der Waals surface area contributed by atoms with Gasteiger partial charge in [0.1, 0.15) is 6.29 Å². The number of carbonyl (C=O) groups is 1. The third kappa shape index (κ3) is 4.52. The Morgan fingerprint density at radius 2 is 1.80 bits per heavy atom. The van der Waals surface area contributed by atoms with E-state index >= 15 is 0 Å². The lowest BCUT2D eigenvalue weighted by atomic mass is 10.1. The first-order chi connectivity index (χ1) is 13.9. The topological polar surface area (TPSA) is 127 Å². The normalized spacial score (nSPS) is 13.8. The van der Waals surface area contributed by atoms with E-state index in [0.29, 0.717) is 18.7 Å². The van der Waals surface area contributed by atoms with Crippen LogP contribution in [0.25, 0.3) is 0 Å². The first-order valence-electron chi connectivity index (χ1n) is 9.20. The molecule has 3 rings (SSSR count). The molecular formula is C19H24N3O6PS. The second kappa shape index (κ2) is 8.03. The highest BCUT2D eigenvalue weighted by atomic mass is 32.2. The van der Waals surface area contributed by atoms with E-state index in [-0.39, 0.29) is 16.6 Å². The highest BCUT2D eigenvalue weighted by Gasteiger charge is 2.33. The molecule has 2 aromatic rings. The van der Waals surface area contributed by atoms with Crippen molar-refractivity contribution in [3.05, 3.63) is 53.1 Å². The van der Waals surface area contributed by atoms with Gasteiger partial charge in [0.15, 0.2) is 0 Å². The fourth-order valence-corrected chi connectivity index (χ4v) is 6.43. The number of amides is 2. The Morgan fingerprint density at radius 3 is 2.37 bits per heavy atom. The molecule has 9 nitrogen and oxygen atoms in total. The van der Waals surface area contributed by atoms with Gasteiger partial charge in [0.05, 0.1) is 10.6 Å². The molecule has 30 heavy (non-hydrogen) atoms. The molecule has 0 atom stereocenters. The van der Waals surface area contributed by atoms with Gasteiger partial charge in [-0.2, -0.15) is 0 Å². The van der Waals surface area contributed by atoms with Crippen molar-refractivity contribution < 1.29 is 27.6 Å². The van der Waals surface area contributed by atoms with Crippen molar-refractivity contribution in [1.82, 2.24) is 5.32 Å². The zero-order valence-electron chi connectivity index (χ0n) is 16.9.